The molecule has 1 fully saturated rings. The van der Waals surface area contributed by atoms with Gasteiger partial charge in [-0.15, -0.1) is 0 Å². The molecule has 2 aromatic rings. The van der Waals surface area contributed by atoms with E-state index < -0.39 is 0 Å². The van der Waals surface area contributed by atoms with E-state index in [1.807, 2.05) is 24.2 Å². The van der Waals surface area contributed by atoms with E-state index >= 15 is 0 Å². The molecule has 1 saturated heterocycles. The first-order valence-electron chi connectivity index (χ1n) is 13.1. The number of fused-ring (bicyclic) bond motifs is 2. The standard InChI is InChI=1S/C27H43FN8/c1-8-34(9-2)15-14-22-16-18(3)26-25(19(22)4)20(5)32(6)35-24(17-21-10-12-23(28)13-11-21)30-31-27(35)33(7)36(26)29/h10-13,16,20,24,27,30-31H,8-9,14-15,17,29H2,1-7H3. The number of halogens is 1. The Morgan fingerprint density at radius 2 is 1.69 bits per heavy atom. The number of anilines is 1. The Labute approximate surface area is 215 Å². The zero-order valence-electron chi connectivity index (χ0n) is 22.8. The first kappa shape index (κ1) is 26.9. The zero-order valence-corrected chi connectivity index (χ0v) is 22.8. The highest BCUT2D eigenvalue weighted by atomic mass is 19.1. The molecule has 0 aromatic heterocycles. The van der Waals surface area contributed by atoms with E-state index in [1.165, 1.54) is 34.4 Å². The number of nitrogens with two attached hydrogens (primary N) is 1. The lowest BCUT2D eigenvalue weighted by Crippen LogP contribution is -2.64. The van der Waals surface area contributed by atoms with Gasteiger partial charge in [0.15, 0.2) is 6.29 Å². The molecule has 198 valence electrons. The summed E-state index contributed by atoms with van der Waals surface area (Å²) in [7, 11) is 4.15. The normalized spacial score (nSPS) is 23.6. The predicted octanol–water partition coefficient (Wildman–Crippen LogP) is 3.04. The molecule has 4 rings (SSSR count). The minimum absolute atomic E-state index is 0.0300. The van der Waals surface area contributed by atoms with Crippen molar-refractivity contribution in [3.8, 4) is 0 Å². The molecule has 0 saturated carbocycles. The summed E-state index contributed by atoms with van der Waals surface area (Å²) in [4.78, 5) is 2.47. The van der Waals surface area contributed by atoms with Crippen LogP contribution in [0, 0.1) is 19.7 Å². The monoisotopic (exact) mass is 498 g/mol. The average Bonchev–Trinajstić information content (AvgIpc) is 3.28. The quantitative estimate of drug-likeness (QED) is 0.504. The maximum atomic E-state index is 13.5. The van der Waals surface area contributed by atoms with Crippen molar-refractivity contribution in [2.75, 3.05) is 38.8 Å². The topological polar surface area (TPSA) is 66.3 Å². The van der Waals surface area contributed by atoms with Crippen LogP contribution in [0.2, 0.25) is 0 Å². The summed E-state index contributed by atoms with van der Waals surface area (Å²) in [5.41, 5.74) is 14.1. The molecule has 4 N–H and O–H groups in total. The summed E-state index contributed by atoms with van der Waals surface area (Å²) < 4.78 is 13.5. The molecule has 8 nitrogen and oxygen atoms in total. The van der Waals surface area contributed by atoms with E-state index in [4.69, 9.17) is 5.84 Å². The number of hydrogen-bond donors (Lipinski definition) is 3. The van der Waals surface area contributed by atoms with Gasteiger partial charge in [0, 0.05) is 38.7 Å². The number of aryl methyl sites for hydroxylation is 1. The Morgan fingerprint density at radius 1 is 1.03 bits per heavy atom. The number of likely N-dealkylation sites (N-methyl/N-ethyl adjacent to an activating group) is 1. The van der Waals surface area contributed by atoms with Crippen molar-refractivity contribution >= 4 is 5.69 Å². The lowest BCUT2D eigenvalue weighted by Gasteiger charge is -2.48. The van der Waals surface area contributed by atoms with Gasteiger partial charge in [0.2, 0.25) is 0 Å². The second-order valence-electron chi connectivity index (χ2n) is 10.1. The molecule has 0 radical (unpaired) electrons. The van der Waals surface area contributed by atoms with E-state index in [0.29, 0.717) is 6.42 Å². The van der Waals surface area contributed by atoms with Gasteiger partial charge in [0.1, 0.15) is 5.82 Å². The molecule has 2 heterocycles. The Bertz CT molecular complexity index is 1040. The number of nitrogens with one attached hydrogen (secondary N) is 2. The average molecular weight is 499 g/mol. The fourth-order valence-electron chi connectivity index (χ4n) is 5.68. The van der Waals surface area contributed by atoms with Crippen LogP contribution in [0.25, 0.3) is 0 Å². The second-order valence-corrected chi connectivity index (χ2v) is 10.1. The maximum absolute atomic E-state index is 13.5. The van der Waals surface area contributed by atoms with Gasteiger partial charge in [-0.25, -0.2) is 31.2 Å². The summed E-state index contributed by atoms with van der Waals surface area (Å²) >= 11 is 0. The summed E-state index contributed by atoms with van der Waals surface area (Å²) in [5, 5.41) is 8.44. The SMILES string of the molecule is CCN(CC)CCc1cc(C)c2c(c1C)C(C)N(C)N1C(Cc3ccc(F)cc3)NNC1N(C)N2N. The van der Waals surface area contributed by atoms with E-state index in [9.17, 15) is 4.39 Å². The van der Waals surface area contributed by atoms with Crippen LogP contribution in [-0.4, -0.2) is 66.1 Å². The Morgan fingerprint density at radius 3 is 2.33 bits per heavy atom. The van der Waals surface area contributed by atoms with Gasteiger partial charge in [-0.2, -0.15) is 10.0 Å². The van der Waals surface area contributed by atoms with Crippen molar-refractivity contribution in [3.63, 3.8) is 0 Å². The van der Waals surface area contributed by atoms with Crippen LogP contribution < -0.4 is 21.8 Å². The van der Waals surface area contributed by atoms with Gasteiger partial charge < -0.3 is 4.90 Å². The lowest BCUT2D eigenvalue weighted by atomic mass is 9.90. The van der Waals surface area contributed by atoms with Gasteiger partial charge in [0.05, 0.1) is 11.9 Å². The van der Waals surface area contributed by atoms with Crippen LogP contribution in [0.1, 0.15) is 54.6 Å². The number of nitrogens with zero attached hydrogens (tertiary/aromatic N) is 5. The molecule has 0 amide bonds. The minimum atomic E-state index is -0.219. The number of benzene rings is 2. The predicted molar refractivity (Wildman–Crippen MR) is 144 cm³/mol. The highest BCUT2D eigenvalue weighted by Crippen LogP contribution is 2.40. The first-order valence-corrected chi connectivity index (χ1v) is 13.1. The smallest absolute Gasteiger partial charge is 0.162 e. The molecule has 0 bridgehead atoms. The highest BCUT2D eigenvalue weighted by molar-refractivity contribution is 5.64. The second kappa shape index (κ2) is 11.1. The van der Waals surface area contributed by atoms with Crippen LogP contribution in [0.15, 0.2) is 30.3 Å². The minimum Gasteiger partial charge on any atom is -0.304 e. The van der Waals surface area contributed by atoms with Gasteiger partial charge in [-0.1, -0.05) is 32.0 Å². The van der Waals surface area contributed by atoms with Gasteiger partial charge in [-0.05, 0) is 74.7 Å². The zero-order chi connectivity index (χ0) is 26.1. The van der Waals surface area contributed by atoms with E-state index in [1.54, 1.807) is 5.12 Å². The van der Waals surface area contributed by atoms with Crippen molar-refractivity contribution in [2.45, 2.75) is 66.0 Å². The summed E-state index contributed by atoms with van der Waals surface area (Å²) in [5.74, 6) is 6.60. The number of hydrogen-bond acceptors (Lipinski definition) is 8. The molecule has 0 aliphatic carbocycles. The van der Waals surface area contributed by atoms with Crippen LogP contribution in [-0.2, 0) is 12.8 Å². The maximum Gasteiger partial charge on any atom is 0.162 e. The van der Waals surface area contributed by atoms with E-state index in [-0.39, 0.29) is 24.3 Å². The molecule has 9 heteroatoms. The van der Waals surface area contributed by atoms with E-state index in [0.717, 1.165) is 37.3 Å². The molecule has 36 heavy (non-hydrogen) atoms. The molecular formula is C27H43FN8. The Kier molecular flexibility index (Phi) is 8.31. The summed E-state index contributed by atoms with van der Waals surface area (Å²) in [6.45, 7) is 14.3. The molecule has 3 atom stereocenters. The number of hydrazine groups is 4. The Hall–Kier alpha value is -2.11. The third-order valence-electron chi connectivity index (χ3n) is 8.05. The molecule has 2 aromatic carbocycles. The third-order valence-corrected chi connectivity index (χ3v) is 8.05. The van der Waals surface area contributed by atoms with Crippen LogP contribution in [0.3, 0.4) is 0 Å². The third kappa shape index (κ3) is 5.02. The molecule has 2 aliphatic rings. The van der Waals surface area contributed by atoms with Crippen LogP contribution >= 0.6 is 0 Å². The first-order chi connectivity index (χ1) is 17.2. The largest absolute Gasteiger partial charge is 0.304 e. The summed E-state index contributed by atoms with van der Waals surface area (Å²) in [6.07, 6.45) is 1.51. The van der Waals surface area contributed by atoms with Crippen molar-refractivity contribution in [1.82, 2.24) is 30.8 Å². The van der Waals surface area contributed by atoms with Crippen LogP contribution in [0.4, 0.5) is 10.1 Å². The van der Waals surface area contributed by atoms with Gasteiger partial charge in [0.25, 0.3) is 0 Å². The van der Waals surface area contributed by atoms with Crippen molar-refractivity contribution in [3.05, 3.63) is 64.0 Å². The van der Waals surface area contributed by atoms with Gasteiger partial charge in [-0.3, -0.25) is 0 Å². The highest BCUT2D eigenvalue weighted by Gasteiger charge is 2.44. The Balaban J connectivity index is 1.70. The van der Waals surface area contributed by atoms with Crippen molar-refractivity contribution < 1.29 is 4.39 Å². The molecule has 2 aliphatic heterocycles. The molecule has 3 unspecified atom stereocenters. The van der Waals surface area contributed by atoms with Crippen molar-refractivity contribution in [2.24, 2.45) is 5.84 Å². The molecular weight excluding hydrogens is 455 g/mol. The summed E-state index contributed by atoms with van der Waals surface area (Å²) in [6, 6.07) is 9.14. The van der Waals surface area contributed by atoms with Gasteiger partial charge >= 0.3 is 0 Å². The lowest BCUT2D eigenvalue weighted by molar-refractivity contribution is -0.125. The molecule has 0 spiro atoms. The number of rotatable bonds is 7. The van der Waals surface area contributed by atoms with Crippen LogP contribution in [0.5, 0.6) is 0 Å². The fourth-order valence-corrected chi connectivity index (χ4v) is 5.68. The van der Waals surface area contributed by atoms with Crippen molar-refractivity contribution in [1.29, 1.82) is 0 Å². The fraction of sp³-hybridized carbons (Fsp3) is 0.556. The van der Waals surface area contributed by atoms with E-state index in [2.05, 4.69) is 73.5 Å².